The van der Waals surface area contributed by atoms with Crippen molar-refractivity contribution in [1.29, 1.82) is 0 Å². The number of hydrogen-bond acceptors (Lipinski definition) is 5. The number of benzene rings is 4. The van der Waals surface area contributed by atoms with E-state index in [0.717, 1.165) is 0 Å². The first-order valence-corrected chi connectivity index (χ1v) is 16.0. The molecule has 1 aliphatic carbocycles. The van der Waals surface area contributed by atoms with Crippen LogP contribution in [0, 0.1) is 0 Å². The molecule has 0 unspecified atom stereocenters. The smallest absolute Gasteiger partial charge is 0.240 e. The summed E-state index contributed by atoms with van der Waals surface area (Å²) in [6.07, 6.45) is 0. The molecule has 0 amide bonds. The monoisotopic (exact) mass is 654 g/mol. The van der Waals surface area contributed by atoms with Crippen molar-refractivity contribution in [1.82, 2.24) is 9.44 Å². The van der Waals surface area contributed by atoms with Crippen molar-refractivity contribution in [3.05, 3.63) is 115 Å². The van der Waals surface area contributed by atoms with Crippen LogP contribution in [-0.2, 0) is 33.1 Å². The van der Waals surface area contributed by atoms with E-state index in [2.05, 4.69) is 9.44 Å². The Labute approximate surface area is 251 Å². The summed E-state index contributed by atoms with van der Waals surface area (Å²) in [5.74, 6) is -0.486. The molecule has 0 atom stereocenters. The number of ketones is 1. The molecule has 0 aromatic heterocycles. The normalized spacial score (nSPS) is 12.8. The lowest BCUT2D eigenvalue weighted by Gasteiger charge is -2.10. The van der Waals surface area contributed by atoms with E-state index in [1.807, 2.05) is 0 Å². The van der Waals surface area contributed by atoms with E-state index in [9.17, 15) is 21.6 Å². The molecule has 5 rings (SSSR count). The molecule has 0 saturated heterocycles. The third-order valence-corrected chi connectivity index (χ3v) is 10.3. The van der Waals surface area contributed by atoms with Crippen LogP contribution >= 0.6 is 46.4 Å². The Bertz CT molecular complexity index is 1780. The number of carbonyl (C=O) groups excluding carboxylic acids is 1. The van der Waals surface area contributed by atoms with E-state index in [4.69, 9.17) is 46.4 Å². The van der Waals surface area contributed by atoms with Crippen molar-refractivity contribution in [2.75, 3.05) is 0 Å². The second-order valence-corrected chi connectivity index (χ2v) is 14.1. The predicted octanol–water partition coefficient (Wildman–Crippen LogP) is 6.47. The first kappa shape index (κ1) is 29.0. The van der Waals surface area contributed by atoms with Crippen LogP contribution in [0.15, 0.2) is 82.6 Å². The fourth-order valence-electron chi connectivity index (χ4n) is 4.21. The maximum atomic E-state index is 13.3. The highest BCUT2D eigenvalue weighted by atomic mass is 35.5. The van der Waals surface area contributed by atoms with Gasteiger partial charge in [-0.1, -0.05) is 70.7 Å². The zero-order valence-corrected chi connectivity index (χ0v) is 24.9. The first-order chi connectivity index (χ1) is 18.9. The summed E-state index contributed by atoms with van der Waals surface area (Å²) in [5, 5.41) is 1.47. The minimum atomic E-state index is -4.01. The molecule has 4 aromatic rings. The van der Waals surface area contributed by atoms with Gasteiger partial charge in [-0.25, -0.2) is 26.3 Å². The Morgan fingerprint density at radius 1 is 0.525 bits per heavy atom. The van der Waals surface area contributed by atoms with E-state index in [0.29, 0.717) is 42.3 Å². The van der Waals surface area contributed by atoms with Gasteiger partial charge in [-0.05, 0) is 70.8 Å². The Kier molecular flexibility index (Phi) is 8.04. The van der Waals surface area contributed by atoms with Crippen molar-refractivity contribution in [2.24, 2.45) is 0 Å². The van der Waals surface area contributed by atoms with Crippen LogP contribution in [-0.4, -0.2) is 22.6 Å². The van der Waals surface area contributed by atoms with Gasteiger partial charge < -0.3 is 0 Å². The lowest BCUT2D eigenvalue weighted by atomic mass is 10.1. The van der Waals surface area contributed by atoms with Gasteiger partial charge in [0.1, 0.15) is 0 Å². The molecule has 40 heavy (non-hydrogen) atoms. The second kappa shape index (κ2) is 11.1. The molecule has 0 fully saturated rings. The molecule has 0 saturated carbocycles. The van der Waals surface area contributed by atoms with Crippen LogP contribution < -0.4 is 9.44 Å². The average Bonchev–Trinajstić information content (AvgIpc) is 3.18. The van der Waals surface area contributed by atoms with Gasteiger partial charge in [-0.3, -0.25) is 4.79 Å². The average molecular weight is 656 g/mol. The molecule has 0 radical (unpaired) electrons. The summed E-state index contributed by atoms with van der Waals surface area (Å²) < 4.78 is 56.9. The highest BCUT2D eigenvalue weighted by Gasteiger charge is 2.30. The largest absolute Gasteiger partial charge is 0.289 e. The van der Waals surface area contributed by atoms with E-state index < -0.39 is 25.8 Å². The summed E-state index contributed by atoms with van der Waals surface area (Å²) in [6.45, 7) is -0.169. The minimum absolute atomic E-state index is 0.0843. The molecule has 206 valence electrons. The van der Waals surface area contributed by atoms with Crippen molar-refractivity contribution in [2.45, 2.75) is 22.9 Å². The van der Waals surface area contributed by atoms with Crippen LogP contribution in [0.25, 0.3) is 11.1 Å². The zero-order valence-electron chi connectivity index (χ0n) is 20.2. The standard InChI is InChI=1S/C27H18Cl4N2O5S2/c28-17-3-1-15(25(30)9-17)13-32-39(35,36)19-5-7-21-22-8-6-20(12-24(22)27(34)23(21)11-19)40(37,38)33-14-16-2-4-18(29)10-26(16)31/h1-12,32-33H,13-14H2. The van der Waals surface area contributed by atoms with Gasteiger partial charge in [0.2, 0.25) is 20.0 Å². The van der Waals surface area contributed by atoms with Crippen molar-refractivity contribution in [3.63, 3.8) is 0 Å². The Hall–Kier alpha value is -2.47. The Morgan fingerprint density at radius 2 is 0.925 bits per heavy atom. The zero-order chi connectivity index (χ0) is 28.8. The molecule has 1 aliphatic rings. The fourth-order valence-corrected chi connectivity index (χ4v) is 7.23. The molecule has 2 N–H and O–H groups in total. The van der Waals surface area contributed by atoms with Crippen LogP contribution in [0.4, 0.5) is 0 Å². The number of fused-ring (bicyclic) bond motifs is 3. The number of carbonyl (C=O) groups is 1. The minimum Gasteiger partial charge on any atom is -0.289 e. The molecule has 4 aromatic carbocycles. The van der Waals surface area contributed by atoms with E-state index in [1.165, 1.54) is 48.5 Å². The first-order valence-electron chi connectivity index (χ1n) is 11.6. The van der Waals surface area contributed by atoms with Gasteiger partial charge >= 0.3 is 0 Å². The van der Waals surface area contributed by atoms with E-state index in [1.54, 1.807) is 24.3 Å². The SMILES string of the molecule is O=C1c2cc(S(=O)(=O)NCc3ccc(Cl)cc3Cl)ccc2-c2ccc(S(=O)(=O)NCc3ccc(Cl)cc3Cl)cc21. The molecule has 13 heteroatoms. The van der Waals surface area contributed by atoms with Crippen LogP contribution in [0.3, 0.4) is 0 Å². The number of rotatable bonds is 8. The van der Waals surface area contributed by atoms with Crippen LogP contribution in [0.5, 0.6) is 0 Å². The predicted molar refractivity (Wildman–Crippen MR) is 156 cm³/mol. The second-order valence-electron chi connectivity index (χ2n) is 8.86. The molecule has 0 spiro atoms. The van der Waals surface area contributed by atoms with E-state index >= 15 is 0 Å². The van der Waals surface area contributed by atoms with Crippen LogP contribution in [0.2, 0.25) is 20.1 Å². The van der Waals surface area contributed by atoms with Gasteiger partial charge in [-0.15, -0.1) is 0 Å². The third kappa shape index (κ3) is 5.79. The summed E-state index contributed by atoms with van der Waals surface area (Å²) in [7, 11) is -8.02. The van der Waals surface area contributed by atoms with Gasteiger partial charge in [0.05, 0.1) is 9.79 Å². The molecule has 0 aliphatic heterocycles. The summed E-state index contributed by atoms with van der Waals surface area (Å²) in [5.41, 5.74) is 2.37. The van der Waals surface area contributed by atoms with Crippen molar-refractivity contribution >= 4 is 72.2 Å². The van der Waals surface area contributed by atoms with Gasteiger partial charge in [0, 0.05) is 44.3 Å². The molecule has 7 nitrogen and oxygen atoms in total. The Morgan fingerprint density at radius 3 is 1.30 bits per heavy atom. The number of nitrogens with one attached hydrogen (secondary N) is 2. The lowest BCUT2D eigenvalue weighted by Crippen LogP contribution is -2.23. The summed E-state index contributed by atoms with van der Waals surface area (Å²) in [4.78, 5) is 13.0. The Balaban J connectivity index is 1.37. The highest BCUT2D eigenvalue weighted by molar-refractivity contribution is 7.89. The van der Waals surface area contributed by atoms with E-state index in [-0.39, 0.29) is 34.0 Å². The van der Waals surface area contributed by atoms with Crippen LogP contribution in [0.1, 0.15) is 27.0 Å². The molecular formula is C27H18Cl4N2O5S2. The molecule has 0 heterocycles. The fraction of sp³-hybridized carbons (Fsp3) is 0.0741. The maximum Gasteiger partial charge on any atom is 0.240 e. The van der Waals surface area contributed by atoms with Gasteiger partial charge in [-0.2, -0.15) is 0 Å². The quantitative estimate of drug-likeness (QED) is 0.199. The number of sulfonamides is 2. The lowest BCUT2D eigenvalue weighted by molar-refractivity contribution is 0.104. The summed E-state index contributed by atoms with van der Waals surface area (Å²) >= 11 is 24.1. The number of hydrogen-bond donors (Lipinski definition) is 2. The summed E-state index contributed by atoms with van der Waals surface area (Å²) in [6, 6.07) is 17.8. The molecule has 0 bridgehead atoms. The van der Waals surface area contributed by atoms with Gasteiger partial charge in [0.15, 0.2) is 5.78 Å². The maximum absolute atomic E-state index is 13.3. The van der Waals surface area contributed by atoms with Crippen molar-refractivity contribution < 1.29 is 21.6 Å². The van der Waals surface area contributed by atoms with Gasteiger partial charge in [0.25, 0.3) is 0 Å². The topological polar surface area (TPSA) is 109 Å². The molecular weight excluding hydrogens is 638 g/mol. The number of halogens is 4. The van der Waals surface area contributed by atoms with Crippen molar-refractivity contribution in [3.8, 4) is 11.1 Å². The highest BCUT2D eigenvalue weighted by Crippen LogP contribution is 2.39. The third-order valence-electron chi connectivity index (χ3n) is 6.32.